The lowest BCUT2D eigenvalue weighted by atomic mass is 10.0. The Balaban J connectivity index is 1.09. The molecule has 10 nitrogen and oxygen atoms in total. The average Bonchev–Trinajstić information content (AvgIpc) is 3.51. The summed E-state index contributed by atoms with van der Waals surface area (Å²) in [6, 6.07) is 5.42. The third-order valence-corrected chi connectivity index (χ3v) is 7.31. The molecule has 1 aliphatic carbocycles. The van der Waals surface area contributed by atoms with E-state index in [1.54, 1.807) is 24.5 Å². The molecule has 1 aromatic carbocycles. The molecule has 2 aromatic heterocycles. The molecule has 2 N–H and O–H groups in total. The number of rotatable bonds is 7. The highest BCUT2D eigenvalue weighted by Gasteiger charge is 2.34. The second-order valence-electron chi connectivity index (χ2n) is 9.13. The smallest absolute Gasteiger partial charge is 0.373 e. The van der Waals surface area contributed by atoms with E-state index in [-0.39, 0.29) is 6.10 Å². The SMILES string of the molecule is O=C1NC(c2ncc(N3CCC(OCc4c(-c5c(Cl)cccc5Cl)noc4C4CC4)CC3)cn2)NO1. The summed E-state index contributed by atoms with van der Waals surface area (Å²) in [5.41, 5.74) is 5.77. The van der Waals surface area contributed by atoms with Gasteiger partial charge in [-0.3, -0.25) is 5.32 Å². The van der Waals surface area contributed by atoms with Gasteiger partial charge >= 0.3 is 6.09 Å². The number of anilines is 1. The van der Waals surface area contributed by atoms with E-state index in [0.29, 0.717) is 39.7 Å². The molecule has 3 aromatic rings. The van der Waals surface area contributed by atoms with Gasteiger partial charge in [0, 0.05) is 30.1 Å². The molecule has 0 radical (unpaired) electrons. The van der Waals surface area contributed by atoms with Gasteiger partial charge in [-0.2, -0.15) is 0 Å². The molecule has 188 valence electrons. The number of aromatic nitrogens is 3. The molecule has 0 bridgehead atoms. The first-order valence-corrected chi connectivity index (χ1v) is 12.7. The molecule has 2 saturated heterocycles. The maximum absolute atomic E-state index is 11.2. The quantitative estimate of drug-likeness (QED) is 0.446. The molecule has 1 unspecified atom stereocenters. The van der Waals surface area contributed by atoms with Crippen molar-refractivity contribution in [3.63, 3.8) is 0 Å². The minimum Gasteiger partial charge on any atom is -0.373 e. The van der Waals surface area contributed by atoms with Crippen LogP contribution in [0.25, 0.3) is 11.3 Å². The summed E-state index contributed by atoms with van der Waals surface area (Å²) in [6.07, 6.45) is 6.43. The molecule has 12 heteroatoms. The van der Waals surface area contributed by atoms with Crippen LogP contribution >= 0.6 is 23.2 Å². The van der Waals surface area contributed by atoms with Crippen molar-refractivity contribution in [1.82, 2.24) is 25.9 Å². The summed E-state index contributed by atoms with van der Waals surface area (Å²) in [6.45, 7) is 2.03. The molecule has 6 rings (SSSR count). The third kappa shape index (κ3) is 4.73. The van der Waals surface area contributed by atoms with Crippen molar-refractivity contribution in [2.75, 3.05) is 18.0 Å². The Morgan fingerprint density at radius 2 is 1.81 bits per heavy atom. The Morgan fingerprint density at radius 3 is 2.44 bits per heavy atom. The number of hydrogen-bond donors (Lipinski definition) is 2. The monoisotopic (exact) mass is 530 g/mol. The Hall–Kier alpha value is -2.92. The van der Waals surface area contributed by atoms with Gasteiger partial charge < -0.3 is 19.0 Å². The summed E-state index contributed by atoms with van der Waals surface area (Å²) in [5.74, 6) is 1.71. The summed E-state index contributed by atoms with van der Waals surface area (Å²) < 4.78 is 12.1. The number of ether oxygens (including phenoxy) is 1. The Kier molecular flexibility index (Phi) is 6.43. The topological polar surface area (TPSA) is 115 Å². The second-order valence-corrected chi connectivity index (χ2v) is 9.94. The number of benzene rings is 1. The van der Waals surface area contributed by atoms with E-state index < -0.39 is 12.3 Å². The van der Waals surface area contributed by atoms with Crippen LogP contribution in [0.2, 0.25) is 10.0 Å². The van der Waals surface area contributed by atoms with Crippen LogP contribution in [0.3, 0.4) is 0 Å². The van der Waals surface area contributed by atoms with E-state index in [2.05, 4.69) is 35.7 Å². The molecule has 36 heavy (non-hydrogen) atoms. The summed E-state index contributed by atoms with van der Waals surface area (Å²) in [7, 11) is 0. The van der Waals surface area contributed by atoms with Gasteiger partial charge in [0.25, 0.3) is 0 Å². The first kappa shape index (κ1) is 23.5. The molecule has 4 heterocycles. The van der Waals surface area contributed by atoms with Crippen molar-refractivity contribution in [3.05, 3.63) is 57.8 Å². The molecule has 1 amide bonds. The van der Waals surface area contributed by atoms with E-state index in [0.717, 1.165) is 55.8 Å². The van der Waals surface area contributed by atoms with Crippen molar-refractivity contribution in [3.8, 4) is 11.3 Å². The minimum atomic E-state index is -0.549. The van der Waals surface area contributed by atoms with Gasteiger partial charge in [0.1, 0.15) is 11.5 Å². The van der Waals surface area contributed by atoms with Crippen molar-refractivity contribution < 1.29 is 18.9 Å². The minimum absolute atomic E-state index is 0.105. The number of hydroxylamine groups is 1. The summed E-state index contributed by atoms with van der Waals surface area (Å²) >= 11 is 12.9. The van der Waals surface area contributed by atoms with Gasteiger partial charge in [0.05, 0.1) is 40.8 Å². The lowest BCUT2D eigenvalue weighted by molar-refractivity contribution is 0.0246. The number of nitrogens with zero attached hydrogens (tertiary/aromatic N) is 4. The molecule has 2 aliphatic heterocycles. The van der Waals surface area contributed by atoms with Crippen molar-refractivity contribution >= 4 is 35.0 Å². The highest BCUT2D eigenvalue weighted by Crippen LogP contribution is 2.46. The molecule has 0 spiro atoms. The van der Waals surface area contributed by atoms with Crippen molar-refractivity contribution in [1.29, 1.82) is 0 Å². The number of carbonyl (C=O) groups excluding carboxylic acids is 1. The van der Waals surface area contributed by atoms with Gasteiger partial charge in [-0.1, -0.05) is 34.4 Å². The third-order valence-electron chi connectivity index (χ3n) is 6.68. The van der Waals surface area contributed by atoms with E-state index in [1.165, 1.54) is 0 Å². The lowest BCUT2D eigenvalue weighted by Gasteiger charge is -2.33. The molecule has 3 aliphatic rings. The number of amides is 1. The lowest BCUT2D eigenvalue weighted by Crippen LogP contribution is -2.37. The zero-order valence-electron chi connectivity index (χ0n) is 19.2. The van der Waals surface area contributed by atoms with E-state index in [4.69, 9.17) is 32.5 Å². The highest BCUT2D eigenvalue weighted by atomic mass is 35.5. The van der Waals surface area contributed by atoms with Crippen LogP contribution in [-0.4, -0.2) is 40.4 Å². The fourth-order valence-corrected chi connectivity index (χ4v) is 5.16. The first-order chi connectivity index (χ1) is 17.6. The molecule has 1 atom stereocenters. The zero-order chi connectivity index (χ0) is 24.6. The predicted molar refractivity (Wildman–Crippen MR) is 131 cm³/mol. The van der Waals surface area contributed by atoms with Gasteiger partial charge in [-0.05, 0) is 37.8 Å². The van der Waals surface area contributed by atoms with Crippen LogP contribution in [-0.2, 0) is 16.2 Å². The fraction of sp³-hybridized carbons (Fsp3) is 0.417. The normalized spacial score (nSPS) is 20.4. The molecule has 3 fully saturated rings. The van der Waals surface area contributed by atoms with E-state index in [1.807, 2.05) is 6.07 Å². The standard InChI is InChI=1S/C24H24Cl2N6O4/c25-17-2-1-3-18(26)19(17)20-16(21(35-30-20)13-4-5-13)12-34-15-6-8-32(9-7-15)14-10-27-22(28-11-14)23-29-24(33)36-31-23/h1-3,10-11,13,15,23,31H,4-9,12H2,(H,29,33). The molecular formula is C24H24Cl2N6O4. The maximum atomic E-state index is 11.2. The maximum Gasteiger partial charge on any atom is 0.427 e. The Labute approximate surface area is 217 Å². The van der Waals surface area contributed by atoms with Gasteiger partial charge in [-0.25, -0.2) is 14.8 Å². The highest BCUT2D eigenvalue weighted by molar-refractivity contribution is 6.39. The van der Waals surface area contributed by atoms with Crippen LogP contribution in [0, 0.1) is 0 Å². The van der Waals surface area contributed by atoms with Gasteiger partial charge in [0.2, 0.25) is 0 Å². The number of hydrogen-bond acceptors (Lipinski definition) is 9. The van der Waals surface area contributed by atoms with E-state index >= 15 is 0 Å². The van der Waals surface area contributed by atoms with Gasteiger partial charge in [-0.15, -0.1) is 5.48 Å². The Bertz CT molecular complexity index is 1240. The number of halogens is 2. The number of nitrogens with one attached hydrogen (secondary N) is 2. The molecule has 1 saturated carbocycles. The average molecular weight is 531 g/mol. The summed E-state index contributed by atoms with van der Waals surface area (Å²) in [4.78, 5) is 26.8. The van der Waals surface area contributed by atoms with Crippen LogP contribution in [0.5, 0.6) is 0 Å². The summed E-state index contributed by atoms with van der Waals surface area (Å²) in [5, 5.41) is 8.01. The predicted octanol–water partition coefficient (Wildman–Crippen LogP) is 4.74. The van der Waals surface area contributed by atoms with E-state index in [9.17, 15) is 4.79 Å². The van der Waals surface area contributed by atoms with Crippen LogP contribution in [0.1, 0.15) is 54.9 Å². The number of carbonyl (C=O) groups is 1. The Morgan fingerprint density at radius 1 is 1.08 bits per heavy atom. The van der Waals surface area contributed by atoms with Crippen LogP contribution in [0.15, 0.2) is 35.1 Å². The largest absolute Gasteiger partial charge is 0.427 e. The van der Waals surface area contributed by atoms with Crippen LogP contribution in [0.4, 0.5) is 10.5 Å². The van der Waals surface area contributed by atoms with Gasteiger partial charge in [0.15, 0.2) is 12.0 Å². The second kappa shape index (κ2) is 9.85. The number of piperidine rings is 1. The fourth-order valence-electron chi connectivity index (χ4n) is 4.58. The first-order valence-electron chi connectivity index (χ1n) is 11.9. The van der Waals surface area contributed by atoms with Crippen LogP contribution < -0.4 is 15.7 Å². The zero-order valence-corrected chi connectivity index (χ0v) is 20.8. The molecular weight excluding hydrogens is 507 g/mol. The van der Waals surface area contributed by atoms with Crippen molar-refractivity contribution in [2.45, 2.75) is 50.5 Å². The van der Waals surface area contributed by atoms with Crippen molar-refractivity contribution in [2.24, 2.45) is 0 Å².